The molecule has 0 aliphatic carbocycles. The minimum Gasteiger partial charge on any atom is -1.00 e. The summed E-state index contributed by atoms with van der Waals surface area (Å²) in [6.07, 6.45) is 0. The summed E-state index contributed by atoms with van der Waals surface area (Å²) in [5.41, 5.74) is 0. The van der Waals surface area contributed by atoms with Crippen molar-refractivity contribution in [2.24, 2.45) is 0 Å². The Morgan fingerprint density at radius 1 is 0.889 bits per heavy atom. The number of rotatable bonds is 4. The van der Waals surface area contributed by atoms with Crippen LogP contribution in [0, 0.1) is 0 Å². The minimum absolute atomic E-state index is 0. The maximum atomic E-state index is 10.8. The van der Waals surface area contributed by atoms with Crippen LogP contribution in [0.1, 0.15) is 13.8 Å². The molecule has 0 spiro atoms. The van der Waals surface area contributed by atoms with E-state index in [0.29, 0.717) is 13.2 Å². The molecule has 2 N–H and O–H groups in total. The summed E-state index contributed by atoms with van der Waals surface area (Å²) in [6, 6.07) is 0. The van der Waals surface area contributed by atoms with Gasteiger partial charge in [0, 0.05) is 0 Å². The summed E-state index contributed by atoms with van der Waals surface area (Å²) in [7, 11) is 12.5. The summed E-state index contributed by atoms with van der Waals surface area (Å²) in [4.78, 5) is 13.6. The molecule has 0 amide bonds. The highest BCUT2D eigenvalue weighted by Crippen LogP contribution is 2.37. The van der Waals surface area contributed by atoms with Crippen LogP contribution in [0.15, 0.2) is 0 Å². The molecule has 0 saturated heterocycles. The van der Waals surface area contributed by atoms with Crippen LogP contribution in [0.2, 0.25) is 0 Å². The molecule has 0 radical (unpaired) electrons. The molecule has 0 bridgehead atoms. The average Bonchev–Trinajstić information content (AvgIpc) is 2.00. The second-order valence-electron chi connectivity index (χ2n) is 4.28. The van der Waals surface area contributed by atoms with Crippen molar-refractivity contribution in [3.05, 3.63) is 0 Å². The lowest BCUT2D eigenvalue weighted by Gasteiger charge is -2.25. The van der Waals surface area contributed by atoms with Gasteiger partial charge in [-0.2, -0.15) is 0 Å². The van der Waals surface area contributed by atoms with E-state index in [1.54, 1.807) is 13.8 Å². The van der Waals surface area contributed by atoms with Crippen LogP contribution in [0.5, 0.6) is 0 Å². The molecule has 116 valence electrons. The molecule has 0 aliphatic heterocycles. The van der Waals surface area contributed by atoms with E-state index in [1.807, 2.05) is 0 Å². The third-order valence-corrected chi connectivity index (χ3v) is 2.36. The van der Waals surface area contributed by atoms with Crippen molar-refractivity contribution in [1.82, 2.24) is 0 Å². The van der Waals surface area contributed by atoms with Crippen molar-refractivity contribution >= 4 is 18.5 Å². The summed E-state index contributed by atoms with van der Waals surface area (Å²) < 4.78 is 9.24. The number of hydrogen-bond acceptors (Lipinski definition) is 4. The van der Waals surface area contributed by atoms with Gasteiger partial charge in [0.25, 0.3) is 0 Å². The van der Waals surface area contributed by atoms with Crippen LogP contribution < -0.4 is 38.7 Å². The molecule has 0 unspecified atom stereocenters. The highest BCUT2D eigenvalue weighted by molar-refractivity contribution is 8.06. The Hall–Kier alpha value is 1.18. The van der Waals surface area contributed by atoms with Gasteiger partial charge in [-0.3, -0.25) is 0 Å². The van der Waals surface area contributed by atoms with Gasteiger partial charge in [-0.1, -0.05) is 11.8 Å². The maximum absolute atomic E-state index is 10.8. The predicted octanol–water partition coefficient (Wildman–Crippen LogP) is -4.83. The first-order chi connectivity index (χ1) is 7.59. The first kappa shape index (κ1) is 27.5. The van der Waals surface area contributed by atoms with E-state index in [-0.39, 0.29) is 24.0 Å². The second kappa shape index (κ2) is 18.2. The molecular weight excluding hydrogens is 386 g/mol. The molecule has 0 saturated carbocycles. The second-order valence-corrected chi connectivity index (χ2v) is 7.04. The molecule has 0 rings (SSSR count). The molecule has 5 nitrogen and oxygen atoms in total. The van der Waals surface area contributed by atoms with Crippen molar-refractivity contribution < 1.29 is 47.7 Å². The fourth-order valence-electron chi connectivity index (χ4n) is 0.353. The van der Waals surface area contributed by atoms with Gasteiger partial charge < -0.3 is 47.7 Å². The van der Waals surface area contributed by atoms with Crippen LogP contribution in [-0.2, 0) is 20.9 Å². The maximum Gasteiger partial charge on any atom is 0.115 e. The first-order valence-corrected chi connectivity index (χ1v) is 8.28. The van der Waals surface area contributed by atoms with Gasteiger partial charge in [-0.25, -0.2) is 0 Å². The van der Waals surface area contributed by atoms with Gasteiger partial charge in [0.05, 0.1) is 55.5 Å². The zero-order chi connectivity index (χ0) is 14.5. The summed E-state index contributed by atoms with van der Waals surface area (Å²) in [6.45, 7) is 0.999. The van der Waals surface area contributed by atoms with Crippen molar-refractivity contribution in [2.75, 3.05) is 55.5 Å². The topological polar surface area (TPSA) is 50.4 Å². The first-order valence-electron chi connectivity index (χ1n) is 5.72. The Kier molecular flexibility index (Phi) is 27.8. The number of halogens is 1. The van der Waals surface area contributed by atoms with Gasteiger partial charge >= 0.3 is 0 Å². The Labute approximate surface area is 135 Å². The predicted molar refractivity (Wildman–Crippen MR) is 75.0 cm³/mol. The van der Waals surface area contributed by atoms with E-state index in [1.165, 1.54) is 9.80 Å². The average molecular weight is 416 g/mol. The van der Waals surface area contributed by atoms with Crippen LogP contribution in [0.25, 0.3) is 0 Å². The van der Waals surface area contributed by atoms with E-state index >= 15 is 0 Å². The molecule has 0 atom stereocenters. The van der Waals surface area contributed by atoms with E-state index in [2.05, 4.69) is 63.1 Å². The molecule has 0 aromatic rings. The lowest BCUT2D eigenvalue weighted by molar-refractivity contribution is -0.836. The number of nitrogens with one attached hydrogen (secondary N) is 2. The van der Waals surface area contributed by atoms with E-state index in [0.717, 1.165) is 0 Å². The van der Waals surface area contributed by atoms with Gasteiger partial charge in [-0.15, -0.1) is 0 Å². The Bertz CT molecular complexity index is 176. The highest BCUT2D eigenvalue weighted by atomic mass is 127. The van der Waals surface area contributed by atoms with E-state index < -0.39 is 6.72 Å². The molecule has 0 fully saturated rings. The van der Waals surface area contributed by atoms with Gasteiger partial charge in [0.1, 0.15) is 6.72 Å². The fraction of sp³-hybridized carbons (Fsp3) is 1.00. The standard InChI is InChI=1S/C4H11O3PS.2C3H9N.HI/c1-3-6-8(5,9)7-4-2;2*1-4(2)3;/h3-4H2,1-2H3,(H,5,9);2*1-3H3;1H. The van der Waals surface area contributed by atoms with Crippen LogP contribution in [-0.4, -0.2) is 55.5 Å². The van der Waals surface area contributed by atoms with Crippen molar-refractivity contribution in [1.29, 1.82) is 0 Å². The van der Waals surface area contributed by atoms with Crippen molar-refractivity contribution in [3.63, 3.8) is 0 Å². The number of quaternary nitrogens is 2. The third kappa shape index (κ3) is 53.4. The molecule has 0 aromatic heterocycles. The summed E-state index contributed by atoms with van der Waals surface area (Å²) >= 11 is 4.45. The normalized spacial score (nSPS) is 9.94. The Morgan fingerprint density at radius 2 is 1.06 bits per heavy atom. The fourth-order valence-corrected chi connectivity index (χ4v) is 1.69. The Balaban J connectivity index is -0.0000000922. The lowest BCUT2D eigenvalue weighted by atomic mass is 10.9. The van der Waals surface area contributed by atoms with Gasteiger partial charge in [-0.05, 0) is 13.8 Å². The van der Waals surface area contributed by atoms with Crippen LogP contribution in [0.4, 0.5) is 0 Å². The monoisotopic (exact) mass is 416 g/mol. The lowest BCUT2D eigenvalue weighted by Crippen LogP contribution is -3.02. The van der Waals surface area contributed by atoms with Crippen LogP contribution >= 0.6 is 6.72 Å². The molecule has 0 heterocycles. The molecule has 0 aromatic carbocycles. The Morgan fingerprint density at radius 3 is 1.17 bits per heavy atom. The minimum atomic E-state index is -3.11. The smallest absolute Gasteiger partial charge is 0.115 e. The van der Waals surface area contributed by atoms with Crippen molar-refractivity contribution in [2.45, 2.75) is 13.8 Å². The molecular formula is C10H30IN2O3PS. The quantitative estimate of drug-likeness (QED) is 0.357. The van der Waals surface area contributed by atoms with Crippen molar-refractivity contribution in [3.8, 4) is 0 Å². The van der Waals surface area contributed by atoms with E-state index in [9.17, 15) is 4.89 Å². The summed E-state index contributed by atoms with van der Waals surface area (Å²) in [5, 5.41) is 0. The van der Waals surface area contributed by atoms with Crippen LogP contribution in [0.3, 0.4) is 0 Å². The molecule has 8 heteroatoms. The SMILES string of the molecule is CCOP([O-])(=S)OCC.C[NH+](C)C.C[NH+](C)C.[I-]. The largest absolute Gasteiger partial charge is 1.00 e. The summed E-state index contributed by atoms with van der Waals surface area (Å²) in [5.74, 6) is 0. The zero-order valence-electron chi connectivity index (χ0n) is 12.9. The van der Waals surface area contributed by atoms with Gasteiger partial charge in [0.2, 0.25) is 0 Å². The highest BCUT2D eigenvalue weighted by Gasteiger charge is 1.97. The molecule has 18 heavy (non-hydrogen) atoms. The van der Waals surface area contributed by atoms with Gasteiger partial charge in [0.15, 0.2) is 0 Å². The number of hydrogen-bond donors (Lipinski definition) is 2. The van der Waals surface area contributed by atoms with E-state index in [4.69, 9.17) is 0 Å². The molecule has 0 aliphatic rings. The third-order valence-electron chi connectivity index (χ3n) is 0.574. The zero-order valence-corrected chi connectivity index (χ0v) is 16.7.